The van der Waals surface area contributed by atoms with Crippen LogP contribution in [0.1, 0.15) is 10.4 Å². The second-order valence-corrected chi connectivity index (χ2v) is 4.68. The van der Waals surface area contributed by atoms with Gasteiger partial charge in [-0.25, -0.2) is 8.78 Å². The second-order valence-electron chi connectivity index (χ2n) is 3.86. The summed E-state index contributed by atoms with van der Waals surface area (Å²) in [5.74, 6) is -2.83. The lowest BCUT2D eigenvalue weighted by Gasteiger charge is -2.10. The van der Waals surface area contributed by atoms with Crippen LogP contribution in [-0.4, -0.2) is 11.0 Å². The van der Waals surface area contributed by atoms with Crippen LogP contribution in [0.15, 0.2) is 30.3 Å². The summed E-state index contributed by atoms with van der Waals surface area (Å²) in [6, 6.07) is 5.18. The van der Waals surface area contributed by atoms with Crippen molar-refractivity contribution in [2.45, 2.75) is 0 Å². The summed E-state index contributed by atoms with van der Waals surface area (Å²) < 4.78 is 26.4. The number of hydrogen-bond donors (Lipinski definition) is 2. The standard InChI is InChI=1S/C13H7Cl2F2NO2/c14-9-2-1-7(19)5-8(9)13(20)18-12-10(15)3-6(16)4-11(12)17/h1-5,19H,(H,18,20). The van der Waals surface area contributed by atoms with Gasteiger partial charge in [0.25, 0.3) is 5.91 Å². The van der Waals surface area contributed by atoms with Crippen molar-refractivity contribution in [1.29, 1.82) is 0 Å². The van der Waals surface area contributed by atoms with E-state index >= 15 is 0 Å². The summed E-state index contributed by atoms with van der Waals surface area (Å²) in [5.41, 5.74) is -0.427. The van der Waals surface area contributed by atoms with Crippen molar-refractivity contribution in [3.05, 3.63) is 57.6 Å². The highest BCUT2D eigenvalue weighted by atomic mass is 35.5. The second kappa shape index (κ2) is 5.64. The first-order valence-corrected chi connectivity index (χ1v) is 6.08. The molecular formula is C13H7Cl2F2NO2. The Balaban J connectivity index is 2.35. The lowest BCUT2D eigenvalue weighted by molar-refractivity contribution is 0.102. The first-order valence-electron chi connectivity index (χ1n) is 5.33. The van der Waals surface area contributed by atoms with Crippen LogP contribution in [0.3, 0.4) is 0 Å². The van der Waals surface area contributed by atoms with E-state index in [1.807, 2.05) is 0 Å². The van der Waals surface area contributed by atoms with Crippen LogP contribution in [0.2, 0.25) is 10.0 Å². The zero-order chi connectivity index (χ0) is 14.9. The molecule has 0 radical (unpaired) electrons. The number of rotatable bonds is 2. The summed E-state index contributed by atoms with van der Waals surface area (Å²) in [4.78, 5) is 12.0. The highest BCUT2D eigenvalue weighted by Crippen LogP contribution is 2.28. The average molecular weight is 318 g/mol. The number of phenolic OH excluding ortho intramolecular Hbond substituents is 1. The SMILES string of the molecule is O=C(Nc1c(F)cc(F)cc1Cl)c1cc(O)ccc1Cl. The van der Waals surface area contributed by atoms with Crippen molar-refractivity contribution in [2.75, 3.05) is 5.32 Å². The Morgan fingerprint density at radius 2 is 1.80 bits per heavy atom. The molecule has 2 aromatic carbocycles. The number of hydrogen-bond acceptors (Lipinski definition) is 2. The Morgan fingerprint density at radius 1 is 1.10 bits per heavy atom. The van der Waals surface area contributed by atoms with Gasteiger partial charge in [-0.1, -0.05) is 23.2 Å². The van der Waals surface area contributed by atoms with Gasteiger partial charge in [-0.2, -0.15) is 0 Å². The van der Waals surface area contributed by atoms with Gasteiger partial charge in [0.1, 0.15) is 11.6 Å². The number of aromatic hydroxyl groups is 1. The smallest absolute Gasteiger partial charge is 0.257 e. The predicted molar refractivity (Wildman–Crippen MR) is 72.4 cm³/mol. The molecule has 104 valence electrons. The fourth-order valence-corrected chi connectivity index (χ4v) is 1.97. The summed E-state index contributed by atoms with van der Waals surface area (Å²) in [7, 11) is 0. The lowest BCUT2D eigenvalue weighted by atomic mass is 10.2. The molecule has 0 saturated heterocycles. The summed E-state index contributed by atoms with van der Waals surface area (Å²) in [6.45, 7) is 0. The number of nitrogens with one attached hydrogen (secondary N) is 1. The normalized spacial score (nSPS) is 10.4. The van der Waals surface area contributed by atoms with Gasteiger partial charge in [0.15, 0.2) is 5.82 Å². The number of benzene rings is 2. The summed E-state index contributed by atoms with van der Waals surface area (Å²) in [5, 5.41) is 11.3. The van der Waals surface area contributed by atoms with Crippen molar-refractivity contribution in [1.82, 2.24) is 0 Å². The Morgan fingerprint density at radius 3 is 2.45 bits per heavy atom. The van der Waals surface area contributed by atoms with E-state index in [4.69, 9.17) is 23.2 Å². The van der Waals surface area contributed by atoms with Gasteiger partial charge in [-0.15, -0.1) is 0 Å². The van der Waals surface area contributed by atoms with E-state index in [1.165, 1.54) is 12.1 Å². The lowest BCUT2D eigenvalue weighted by Crippen LogP contribution is -2.14. The van der Waals surface area contributed by atoms with Crippen LogP contribution in [-0.2, 0) is 0 Å². The van der Waals surface area contributed by atoms with E-state index in [0.29, 0.717) is 6.07 Å². The molecule has 0 heterocycles. The molecule has 0 spiro atoms. The molecule has 7 heteroatoms. The molecule has 0 aliphatic carbocycles. The molecule has 0 aromatic heterocycles. The monoisotopic (exact) mass is 317 g/mol. The van der Waals surface area contributed by atoms with E-state index in [2.05, 4.69) is 5.32 Å². The molecule has 0 saturated carbocycles. The minimum Gasteiger partial charge on any atom is -0.508 e. The largest absolute Gasteiger partial charge is 0.508 e. The van der Waals surface area contributed by atoms with Gasteiger partial charge >= 0.3 is 0 Å². The van der Waals surface area contributed by atoms with Gasteiger partial charge in [0.05, 0.1) is 21.3 Å². The molecule has 0 atom stereocenters. The molecule has 3 nitrogen and oxygen atoms in total. The maximum atomic E-state index is 13.5. The number of amides is 1. The first kappa shape index (κ1) is 14.6. The highest BCUT2D eigenvalue weighted by molar-refractivity contribution is 6.36. The minimum absolute atomic E-state index is 0.0635. The fourth-order valence-electron chi connectivity index (χ4n) is 1.53. The molecule has 1 amide bonds. The number of anilines is 1. The van der Waals surface area contributed by atoms with E-state index in [0.717, 1.165) is 12.1 Å². The maximum absolute atomic E-state index is 13.5. The number of halogens is 4. The van der Waals surface area contributed by atoms with Gasteiger partial charge in [-0.05, 0) is 24.3 Å². The molecule has 2 N–H and O–H groups in total. The third-order valence-corrected chi connectivity index (χ3v) is 3.07. The van der Waals surface area contributed by atoms with Crippen LogP contribution < -0.4 is 5.32 Å². The third kappa shape index (κ3) is 3.00. The van der Waals surface area contributed by atoms with Crippen LogP contribution in [0.25, 0.3) is 0 Å². The predicted octanol–water partition coefficient (Wildman–Crippen LogP) is 4.23. The average Bonchev–Trinajstić information content (AvgIpc) is 2.36. The number of carbonyl (C=O) groups excluding carboxylic acids is 1. The van der Waals surface area contributed by atoms with Gasteiger partial charge in [0, 0.05) is 6.07 Å². The van der Waals surface area contributed by atoms with Gasteiger partial charge in [0.2, 0.25) is 0 Å². The van der Waals surface area contributed by atoms with Crippen molar-refractivity contribution >= 4 is 34.8 Å². The molecule has 0 bridgehead atoms. The summed E-state index contributed by atoms with van der Waals surface area (Å²) >= 11 is 11.5. The maximum Gasteiger partial charge on any atom is 0.257 e. The molecule has 0 aliphatic rings. The zero-order valence-corrected chi connectivity index (χ0v) is 11.3. The topological polar surface area (TPSA) is 49.3 Å². The molecule has 20 heavy (non-hydrogen) atoms. The van der Waals surface area contributed by atoms with Crippen molar-refractivity contribution < 1.29 is 18.7 Å². The van der Waals surface area contributed by atoms with E-state index < -0.39 is 17.5 Å². The highest BCUT2D eigenvalue weighted by Gasteiger charge is 2.16. The van der Waals surface area contributed by atoms with Crippen molar-refractivity contribution in [2.24, 2.45) is 0 Å². The first-order chi connectivity index (χ1) is 9.38. The van der Waals surface area contributed by atoms with Crippen LogP contribution in [0, 0.1) is 11.6 Å². The van der Waals surface area contributed by atoms with Crippen molar-refractivity contribution in [3.8, 4) is 5.75 Å². The Kier molecular flexibility index (Phi) is 4.11. The van der Waals surface area contributed by atoms with Gasteiger partial charge in [-0.3, -0.25) is 4.79 Å². The molecule has 2 aromatic rings. The molecule has 2 rings (SSSR count). The Labute approximate surface area is 122 Å². The number of phenols is 1. The Bertz CT molecular complexity index is 669. The van der Waals surface area contributed by atoms with E-state index in [9.17, 15) is 18.7 Å². The van der Waals surface area contributed by atoms with Gasteiger partial charge < -0.3 is 10.4 Å². The summed E-state index contributed by atoms with van der Waals surface area (Å²) in [6.07, 6.45) is 0. The quantitative estimate of drug-likeness (QED) is 0.870. The third-order valence-electron chi connectivity index (χ3n) is 2.44. The van der Waals surface area contributed by atoms with Crippen LogP contribution >= 0.6 is 23.2 Å². The van der Waals surface area contributed by atoms with Crippen LogP contribution in [0.4, 0.5) is 14.5 Å². The molecule has 0 unspecified atom stereocenters. The number of carbonyl (C=O) groups is 1. The van der Waals surface area contributed by atoms with Crippen LogP contribution in [0.5, 0.6) is 5.75 Å². The van der Waals surface area contributed by atoms with E-state index in [1.54, 1.807) is 0 Å². The zero-order valence-electron chi connectivity index (χ0n) is 9.75. The molecule has 0 fully saturated rings. The van der Waals surface area contributed by atoms with E-state index in [-0.39, 0.29) is 27.0 Å². The molecule has 0 aliphatic heterocycles. The molecular weight excluding hydrogens is 311 g/mol. The Hall–Kier alpha value is -1.85. The van der Waals surface area contributed by atoms with Crippen molar-refractivity contribution in [3.63, 3.8) is 0 Å². The minimum atomic E-state index is -1.01. The fraction of sp³-hybridized carbons (Fsp3) is 0.